The van der Waals surface area contributed by atoms with Crippen molar-refractivity contribution in [3.05, 3.63) is 23.2 Å². The normalized spacial score (nSPS) is 24.8. The molecule has 2 aliphatic rings. The highest BCUT2D eigenvalue weighted by Gasteiger charge is 2.55. The third-order valence-corrected chi connectivity index (χ3v) is 6.14. The monoisotopic (exact) mass is 346 g/mol. The van der Waals surface area contributed by atoms with E-state index in [1.807, 2.05) is 6.07 Å². The third-order valence-electron chi connectivity index (χ3n) is 5.05. The molecule has 2 unspecified atom stereocenters. The molecule has 3 heterocycles. The lowest BCUT2D eigenvalue weighted by Gasteiger charge is -2.15. The number of anilines is 1. The molecule has 1 aliphatic carbocycles. The number of hydrogen-bond donors (Lipinski definition) is 3. The van der Waals surface area contributed by atoms with Crippen LogP contribution < -0.4 is 11.1 Å². The van der Waals surface area contributed by atoms with Gasteiger partial charge in [0.2, 0.25) is 0 Å². The average molecular weight is 346 g/mol. The van der Waals surface area contributed by atoms with E-state index < -0.39 is 6.09 Å². The van der Waals surface area contributed by atoms with Crippen molar-refractivity contribution in [3.63, 3.8) is 0 Å². The topological polar surface area (TPSA) is 109 Å². The second-order valence-electron chi connectivity index (χ2n) is 6.48. The minimum absolute atomic E-state index is 0.0762. The number of nitrogens with one attached hydrogen (secondary N) is 1. The molecule has 1 aliphatic heterocycles. The Kier molecular flexibility index (Phi) is 3.56. The second kappa shape index (κ2) is 5.62. The standard InChI is InChI=1S/C16H18N4O3S/c17-14-4-8-3-12(24-13(8)5-19-14)15(21)18-2-1-9-10-6-20(16(22)23)7-11(9)10/h3-5,9-11H,1-2,6-7H2,(H2,17,19)(H,18,21)(H,22,23). The van der Waals surface area contributed by atoms with E-state index in [0.29, 0.717) is 48.1 Å². The van der Waals surface area contributed by atoms with Crippen LogP contribution in [0.25, 0.3) is 10.1 Å². The van der Waals surface area contributed by atoms with E-state index in [-0.39, 0.29) is 5.91 Å². The van der Waals surface area contributed by atoms with E-state index in [1.54, 1.807) is 12.3 Å². The predicted octanol–water partition coefficient (Wildman–Crippen LogP) is 1.85. The van der Waals surface area contributed by atoms with Gasteiger partial charge in [-0.05, 0) is 41.7 Å². The number of nitrogens with zero attached hydrogens (tertiary/aromatic N) is 2. The van der Waals surface area contributed by atoms with Gasteiger partial charge in [-0.25, -0.2) is 9.78 Å². The van der Waals surface area contributed by atoms with Crippen LogP contribution in [-0.4, -0.2) is 46.6 Å². The van der Waals surface area contributed by atoms with Gasteiger partial charge in [0.1, 0.15) is 5.82 Å². The Morgan fingerprint density at radius 2 is 2.12 bits per heavy atom. The summed E-state index contributed by atoms with van der Waals surface area (Å²) in [6.07, 6.45) is 1.77. The van der Waals surface area contributed by atoms with Crippen molar-refractivity contribution in [3.8, 4) is 0 Å². The van der Waals surface area contributed by atoms with Gasteiger partial charge in [-0.3, -0.25) is 4.79 Å². The van der Waals surface area contributed by atoms with Crippen LogP contribution in [0.2, 0.25) is 0 Å². The van der Waals surface area contributed by atoms with Crippen molar-refractivity contribution in [2.45, 2.75) is 6.42 Å². The summed E-state index contributed by atoms with van der Waals surface area (Å²) in [6.45, 7) is 1.91. The largest absolute Gasteiger partial charge is 0.465 e. The molecule has 1 saturated heterocycles. The minimum Gasteiger partial charge on any atom is -0.465 e. The predicted molar refractivity (Wildman–Crippen MR) is 91.1 cm³/mol. The number of carbonyl (C=O) groups excluding carboxylic acids is 1. The molecule has 126 valence electrons. The molecule has 24 heavy (non-hydrogen) atoms. The summed E-state index contributed by atoms with van der Waals surface area (Å²) >= 11 is 1.41. The highest BCUT2D eigenvalue weighted by Crippen LogP contribution is 2.53. The van der Waals surface area contributed by atoms with Crippen LogP contribution in [-0.2, 0) is 0 Å². The molecule has 2 fully saturated rings. The molecule has 0 aromatic carbocycles. The van der Waals surface area contributed by atoms with Gasteiger partial charge in [0.25, 0.3) is 5.91 Å². The molecule has 0 bridgehead atoms. The number of piperidine rings is 1. The molecular formula is C16H18N4O3S. The summed E-state index contributed by atoms with van der Waals surface area (Å²) in [4.78, 5) is 29.3. The van der Waals surface area contributed by atoms with Crippen LogP contribution in [0.3, 0.4) is 0 Å². The highest BCUT2D eigenvalue weighted by molar-refractivity contribution is 7.20. The van der Waals surface area contributed by atoms with Gasteiger partial charge in [-0.2, -0.15) is 0 Å². The maximum Gasteiger partial charge on any atom is 0.407 e. The van der Waals surface area contributed by atoms with Gasteiger partial charge < -0.3 is 21.1 Å². The number of carboxylic acid groups (broad SMARTS) is 1. The Balaban J connectivity index is 1.28. The lowest BCUT2D eigenvalue weighted by Crippen LogP contribution is -2.30. The van der Waals surface area contributed by atoms with Crippen LogP contribution >= 0.6 is 11.3 Å². The fourth-order valence-corrected chi connectivity index (χ4v) is 4.68. The molecule has 2 aromatic heterocycles. The zero-order valence-corrected chi connectivity index (χ0v) is 13.8. The smallest absolute Gasteiger partial charge is 0.407 e. The van der Waals surface area contributed by atoms with Gasteiger partial charge in [0.05, 0.1) is 9.58 Å². The number of nitrogens with two attached hydrogens (primary N) is 1. The Morgan fingerprint density at radius 1 is 1.38 bits per heavy atom. The quantitative estimate of drug-likeness (QED) is 0.783. The number of pyridine rings is 1. The van der Waals surface area contributed by atoms with Gasteiger partial charge in [-0.15, -0.1) is 11.3 Å². The zero-order chi connectivity index (χ0) is 16.8. The molecule has 4 N–H and O–H groups in total. The van der Waals surface area contributed by atoms with Crippen LogP contribution in [0, 0.1) is 17.8 Å². The third kappa shape index (κ3) is 2.66. The summed E-state index contributed by atoms with van der Waals surface area (Å²) in [7, 11) is 0. The van der Waals surface area contributed by atoms with E-state index in [4.69, 9.17) is 10.8 Å². The molecule has 2 aromatic rings. The summed E-state index contributed by atoms with van der Waals surface area (Å²) < 4.78 is 0.944. The van der Waals surface area contributed by atoms with Gasteiger partial charge in [0.15, 0.2) is 0 Å². The first-order valence-electron chi connectivity index (χ1n) is 7.94. The fraction of sp³-hybridized carbons (Fsp3) is 0.438. The summed E-state index contributed by atoms with van der Waals surface area (Å²) in [5.41, 5.74) is 5.66. The van der Waals surface area contributed by atoms with Gasteiger partial charge in [-0.1, -0.05) is 0 Å². The number of thiophene rings is 1. The van der Waals surface area contributed by atoms with Crippen molar-refractivity contribution in [1.82, 2.24) is 15.2 Å². The van der Waals surface area contributed by atoms with Crippen LogP contribution in [0.1, 0.15) is 16.1 Å². The first-order valence-corrected chi connectivity index (χ1v) is 8.75. The van der Waals surface area contributed by atoms with E-state index >= 15 is 0 Å². The Bertz CT molecular complexity index is 809. The molecule has 2 atom stereocenters. The van der Waals surface area contributed by atoms with Gasteiger partial charge >= 0.3 is 6.09 Å². The lowest BCUT2D eigenvalue weighted by atomic mass is 10.2. The van der Waals surface area contributed by atoms with Crippen LogP contribution in [0.4, 0.5) is 10.6 Å². The van der Waals surface area contributed by atoms with Crippen molar-refractivity contribution in [2.75, 3.05) is 25.4 Å². The number of hydrogen-bond acceptors (Lipinski definition) is 5. The van der Waals surface area contributed by atoms with Crippen LogP contribution in [0.5, 0.6) is 0 Å². The first-order chi connectivity index (χ1) is 11.5. The number of rotatable bonds is 4. The zero-order valence-electron chi connectivity index (χ0n) is 12.9. The fourth-order valence-electron chi connectivity index (χ4n) is 3.75. The number of fused-ring (bicyclic) bond motifs is 2. The van der Waals surface area contributed by atoms with E-state index in [1.165, 1.54) is 16.2 Å². The molecule has 1 saturated carbocycles. The summed E-state index contributed by atoms with van der Waals surface area (Å²) in [6, 6.07) is 3.60. The Morgan fingerprint density at radius 3 is 2.83 bits per heavy atom. The molecule has 4 rings (SSSR count). The number of amides is 2. The maximum absolute atomic E-state index is 12.3. The maximum atomic E-state index is 12.3. The van der Waals surface area contributed by atoms with E-state index in [0.717, 1.165) is 16.5 Å². The summed E-state index contributed by atoms with van der Waals surface area (Å²) in [5, 5.41) is 12.8. The number of aromatic nitrogens is 1. The highest BCUT2D eigenvalue weighted by atomic mass is 32.1. The van der Waals surface area contributed by atoms with Gasteiger partial charge in [0, 0.05) is 25.8 Å². The SMILES string of the molecule is Nc1cc2cc(C(=O)NCCC3C4CN(C(=O)O)CC34)sc2cn1. The molecule has 0 radical (unpaired) electrons. The second-order valence-corrected chi connectivity index (χ2v) is 7.57. The number of likely N-dealkylation sites (tertiary alicyclic amines) is 1. The average Bonchev–Trinajstić information content (AvgIpc) is 2.94. The molecule has 7 nitrogen and oxygen atoms in total. The van der Waals surface area contributed by atoms with E-state index in [9.17, 15) is 9.59 Å². The van der Waals surface area contributed by atoms with Crippen molar-refractivity contribution >= 4 is 39.2 Å². The van der Waals surface area contributed by atoms with Crippen molar-refractivity contribution in [1.29, 1.82) is 0 Å². The molecule has 0 spiro atoms. The van der Waals surface area contributed by atoms with Crippen molar-refractivity contribution < 1.29 is 14.7 Å². The lowest BCUT2D eigenvalue weighted by molar-refractivity contribution is 0.0956. The summed E-state index contributed by atoms with van der Waals surface area (Å²) in [5.74, 6) is 1.88. The molecule has 8 heteroatoms. The first kappa shape index (κ1) is 15.2. The molecular weight excluding hydrogens is 328 g/mol. The minimum atomic E-state index is -0.825. The number of nitrogen functional groups attached to an aromatic ring is 1. The van der Waals surface area contributed by atoms with E-state index in [2.05, 4.69) is 10.3 Å². The molecule has 2 amide bonds. The van der Waals surface area contributed by atoms with Crippen LogP contribution in [0.15, 0.2) is 18.3 Å². The van der Waals surface area contributed by atoms with Crippen molar-refractivity contribution in [2.24, 2.45) is 17.8 Å². The Labute approximate surface area is 142 Å². The number of carbonyl (C=O) groups is 2. The Hall–Kier alpha value is -2.35.